The average Bonchev–Trinajstić information content (AvgIpc) is 2.30. The van der Waals surface area contributed by atoms with E-state index in [2.05, 4.69) is 0 Å². The van der Waals surface area contributed by atoms with Gasteiger partial charge in [0.2, 0.25) is 11.8 Å². The van der Waals surface area contributed by atoms with Crippen LogP contribution in [0.4, 0.5) is 0 Å². The minimum absolute atomic E-state index is 0.0182. The minimum atomic E-state index is -0.433. The largest absolute Gasteiger partial charge is 0.285 e. The third kappa shape index (κ3) is 0.830. The number of hydrogen-bond donors (Lipinski definition) is 0. The van der Waals surface area contributed by atoms with Crippen molar-refractivity contribution in [3.63, 3.8) is 0 Å². The first-order chi connectivity index (χ1) is 6.43. The van der Waals surface area contributed by atoms with Crippen LogP contribution in [0.2, 0.25) is 0 Å². The lowest BCUT2D eigenvalue weighted by Gasteiger charge is -2.40. The summed E-state index contributed by atoms with van der Waals surface area (Å²) < 4.78 is 0. The van der Waals surface area contributed by atoms with E-state index < -0.39 is 10.8 Å². The van der Waals surface area contributed by atoms with Crippen LogP contribution in [0.1, 0.15) is 39.5 Å². The summed E-state index contributed by atoms with van der Waals surface area (Å²) in [5, 5.41) is 0. The van der Waals surface area contributed by atoms with Gasteiger partial charge < -0.3 is 0 Å². The fraction of sp³-hybridized carbons (Fsp3) is 0.818. The highest BCUT2D eigenvalue weighted by Crippen LogP contribution is 2.56. The molecular formula is C11H17NO2. The highest BCUT2D eigenvalue weighted by atomic mass is 16.2. The Labute approximate surface area is 84.5 Å². The van der Waals surface area contributed by atoms with Gasteiger partial charge in [-0.1, -0.05) is 12.8 Å². The average molecular weight is 195 g/mol. The van der Waals surface area contributed by atoms with Crippen LogP contribution in [-0.4, -0.2) is 23.8 Å². The summed E-state index contributed by atoms with van der Waals surface area (Å²) in [5.41, 5.74) is -0.867. The monoisotopic (exact) mass is 195 g/mol. The Kier molecular flexibility index (Phi) is 1.79. The number of likely N-dealkylation sites (tertiary alicyclic amines) is 1. The second kappa shape index (κ2) is 2.59. The summed E-state index contributed by atoms with van der Waals surface area (Å²) in [7, 11) is 1.61. The zero-order valence-electron chi connectivity index (χ0n) is 9.09. The first-order valence-electron chi connectivity index (χ1n) is 5.26. The van der Waals surface area contributed by atoms with E-state index in [0.29, 0.717) is 0 Å². The van der Waals surface area contributed by atoms with Gasteiger partial charge in [0, 0.05) is 7.05 Å². The molecule has 14 heavy (non-hydrogen) atoms. The number of hydrogen-bond acceptors (Lipinski definition) is 2. The lowest BCUT2D eigenvalue weighted by Crippen LogP contribution is -2.42. The zero-order chi connectivity index (χ0) is 10.6. The number of imide groups is 1. The third-order valence-corrected chi connectivity index (χ3v) is 4.37. The van der Waals surface area contributed by atoms with Crippen LogP contribution >= 0.6 is 0 Å². The molecule has 2 atom stereocenters. The van der Waals surface area contributed by atoms with Crippen LogP contribution < -0.4 is 0 Å². The quantitative estimate of drug-likeness (QED) is 0.550. The molecule has 2 aliphatic rings. The van der Waals surface area contributed by atoms with Crippen molar-refractivity contribution in [2.24, 2.45) is 10.8 Å². The topological polar surface area (TPSA) is 37.4 Å². The lowest BCUT2D eigenvalue weighted by molar-refractivity contribution is -0.139. The number of carbonyl (C=O) groups excluding carboxylic acids is 2. The summed E-state index contributed by atoms with van der Waals surface area (Å²) in [4.78, 5) is 25.3. The predicted molar refractivity (Wildman–Crippen MR) is 52.5 cm³/mol. The van der Waals surface area contributed by atoms with E-state index in [4.69, 9.17) is 0 Å². The summed E-state index contributed by atoms with van der Waals surface area (Å²) in [6.45, 7) is 3.91. The van der Waals surface area contributed by atoms with Crippen molar-refractivity contribution < 1.29 is 9.59 Å². The van der Waals surface area contributed by atoms with Gasteiger partial charge in [-0.2, -0.15) is 0 Å². The smallest absolute Gasteiger partial charge is 0.235 e. The lowest BCUT2D eigenvalue weighted by atomic mass is 9.59. The van der Waals surface area contributed by atoms with Crippen molar-refractivity contribution in [3.8, 4) is 0 Å². The standard InChI is InChI=1S/C11H17NO2/c1-10-6-4-5-7-11(10,2)9(14)12(3)8(10)13/h4-7H2,1-3H3. The molecule has 2 rings (SSSR count). The molecule has 2 unspecified atom stereocenters. The van der Waals surface area contributed by atoms with Crippen LogP contribution in [0.3, 0.4) is 0 Å². The summed E-state index contributed by atoms with van der Waals surface area (Å²) in [6, 6.07) is 0. The van der Waals surface area contributed by atoms with Gasteiger partial charge in [0.25, 0.3) is 0 Å². The number of rotatable bonds is 0. The SMILES string of the molecule is CN1C(=O)C2(C)CCCCC2(C)C1=O. The molecule has 3 heteroatoms. The van der Waals surface area contributed by atoms with Crippen LogP contribution in [0.5, 0.6) is 0 Å². The summed E-state index contributed by atoms with van der Waals surface area (Å²) >= 11 is 0. The molecule has 0 bridgehead atoms. The molecule has 2 amide bonds. The van der Waals surface area contributed by atoms with Crippen LogP contribution in [0.25, 0.3) is 0 Å². The summed E-state index contributed by atoms with van der Waals surface area (Å²) in [6.07, 6.45) is 3.86. The van der Waals surface area contributed by atoms with Crippen molar-refractivity contribution in [3.05, 3.63) is 0 Å². The van der Waals surface area contributed by atoms with E-state index in [9.17, 15) is 9.59 Å². The Bertz CT molecular complexity index is 282. The number of nitrogens with zero attached hydrogens (tertiary/aromatic N) is 1. The fourth-order valence-corrected chi connectivity index (χ4v) is 3.03. The molecule has 2 fully saturated rings. The molecule has 0 radical (unpaired) electrons. The molecular weight excluding hydrogens is 178 g/mol. The van der Waals surface area contributed by atoms with E-state index in [-0.39, 0.29) is 11.8 Å². The van der Waals surface area contributed by atoms with Gasteiger partial charge in [-0.25, -0.2) is 0 Å². The normalized spacial score (nSPS) is 42.9. The molecule has 1 heterocycles. The summed E-state index contributed by atoms with van der Waals surface area (Å²) in [5.74, 6) is 0.0365. The molecule has 0 spiro atoms. The molecule has 0 aromatic heterocycles. The van der Waals surface area contributed by atoms with Crippen molar-refractivity contribution in [2.45, 2.75) is 39.5 Å². The van der Waals surface area contributed by atoms with E-state index in [1.54, 1.807) is 7.05 Å². The van der Waals surface area contributed by atoms with Gasteiger partial charge in [0.1, 0.15) is 0 Å². The molecule has 1 aliphatic carbocycles. The van der Waals surface area contributed by atoms with Gasteiger partial charge in [-0.15, -0.1) is 0 Å². The Morgan fingerprint density at radius 2 is 1.36 bits per heavy atom. The molecule has 1 aliphatic heterocycles. The van der Waals surface area contributed by atoms with Gasteiger partial charge in [0.05, 0.1) is 10.8 Å². The van der Waals surface area contributed by atoms with Crippen molar-refractivity contribution >= 4 is 11.8 Å². The fourth-order valence-electron chi connectivity index (χ4n) is 3.03. The second-order valence-electron chi connectivity index (χ2n) is 5.04. The van der Waals surface area contributed by atoms with E-state index in [1.807, 2.05) is 13.8 Å². The zero-order valence-corrected chi connectivity index (χ0v) is 9.09. The van der Waals surface area contributed by atoms with Gasteiger partial charge in [-0.3, -0.25) is 14.5 Å². The predicted octanol–water partition coefficient (Wildman–Crippen LogP) is 1.57. The molecule has 78 valence electrons. The van der Waals surface area contributed by atoms with E-state index in [0.717, 1.165) is 25.7 Å². The minimum Gasteiger partial charge on any atom is -0.285 e. The maximum absolute atomic E-state index is 12.0. The van der Waals surface area contributed by atoms with Crippen LogP contribution in [0.15, 0.2) is 0 Å². The molecule has 0 aromatic rings. The van der Waals surface area contributed by atoms with Gasteiger partial charge in [-0.05, 0) is 26.7 Å². The van der Waals surface area contributed by atoms with E-state index in [1.165, 1.54) is 4.90 Å². The van der Waals surface area contributed by atoms with E-state index >= 15 is 0 Å². The molecule has 1 saturated carbocycles. The molecule has 0 aromatic carbocycles. The third-order valence-electron chi connectivity index (χ3n) is 4.37. The first kappa shape index (κ1) is 9.69. The van der Waals surface area contributed by atoms with Gasteiger partial charge >= 0.3 is 0 Å². The second-order valence-corrected chi connectivity index (χ2v) is 5.04. The van der Waals surface area contributed by atoms with Crippen LogP contribution in [0, 0.1) is 10.8 Å². The Morgan fingerprint density at radius 1 is 1.00 bits per heavy atom. The van der Waals surface area contributed by atoms with Crippen molar-refractivity contribution in [1.82, 2.24) is 4.90 Å². The number of carbonyl (C=O) groups is 2. The maximum Gasteiger partial charge on any atom is 0.235 e. The van der Waals surface area contributed by atoms with Crippen LogP contribution in [-0.2, 0) is 9.59 Å². The Balaban J connectivity index is 2.51. The van der Waals surface area contributed by atoms with Crippen molar-refractivity contribution in [1.29, 1.82) is 0 Å². The Morgan fingerprint density at radius 3 is 1.71 bits per heavy atom. The number of amides is 2. The molecule has 3 nitrogen and oxygen atoms in total. The molecule has 0 N–H and O–H groups in total. The van der Waals surface area contributed by atoms with Gasteiger partial charge in [0.15, 0.2) is 0 Å². The Hall–Kier alpha value is -0.860. The maximum atomic E-state index is 12.0. The molecule has 1 saturated heterocycles. The highest BCUT2D eigenvalue weighted by Gasteiger charge is 2.63. The highest BCUT2D eigenvalue weighted by molar-refractivity contribution is 6.09. The van der Waals surface area contributed by atoms with Crippen molar-refractivity contribution in [2.75, 3.05) is 7.05 Å². The number of fused-ring (bicyclic) bond motifs is 1. The first-order valence-corrected chi connectivity index (χ1v) is 5.26.